The van der Waals surface area contributed by atoms with Crippen molar-refractivity contribution in [2.45, 2.75) is 64.3 Å². The number of nitrogens with zero attached hydrogens (tertiary/aromatic N) is 3. The summed E-state index contributed by atoms with van der Waals surface area (Å²) in [5.41, 5.74) is 2.11. The van der Waals surface area contributed by atoms with Crippen molar-refractivity contribution in [2.24, 2.45) is 0 Å². The van der Waals surface area contributed by atoms with E-state index in [-0.39, 0.29) is 0 Å². The SMILES string of the molecule is CCN(c1cnc(C(C)C)nc1CCl)C1CCCC1. The molecule has 0 bridgehead atoms. The van der Waals surface area contributed by atoms with E-state index in [4.69, 9.17) is 11.6 Å². The molecule has 0 atom stereocenters. The Balaban J connectivity index is 2.30. The van der Waals surface area contributed by atoms with Gasteiger partial charge in [-0.2, -0.15) is 0 Å². The standard InChI is InChI=1S/C15H24ClN3/c1-4-19(12-7-5-6-8-12)14-10-17-15(11(2)3)18-13(14)9-16/h10-12H,4-9H2,1-3H3. The fourth-order valence-electron chi connectivity index (χ4n) is 2.88. The molecule has 0 unspecified atom stereocenters. The van der Waals surface area contributed by atoms with Crippen LogP contribution >= 0.6 is 11.6 Å². The largest absolute Gasteiger partial charge is 0.366 e. The average molecular weight is 282 g/mol. The number of halogens is 1. The molecule has 19 heavy (non-hydrogen) atoms. The normalized spacial score (nSPS) is 16.3. The first-order chi connectivity index (χ1) is 9.17. The first-order valence-electron chi connectivity index (χ1n) is 7.35. The van der Waals surface area contributed by atoms with Crippen molar-refractivity contribution >= 4 is 17.3 Å². The molecular formula is C15H24ClN3. The fourth-order valence-corrected chi connectivity index (χ4v) is 3.08. The molecule has 1 aromatic heterocycles. The lowest BCUT2D eigenvalue weighted by atomic mass is 10.1. The van der Waals surface area contributed by atoms with Gasteiger partial charge in [0.1, 0.15) is 5.82 Å². The Morgan fingerprint density at radius 2 is 2.05 bits per heavy atom. The molecule has 4 heteroatoms. The Kier molecular flexibility index (Phi) is 5.03. The van der Waals surface area contributed by atoms with E-state index in [9.17, 15) is 0 Å². The van der Waals surface area contributed by atoms with Crippen molar-refractivity contribution in [3.05, 3.63) is 17.7 Å². The van der Waals surface area contributed by atoms with Gasteiger partial charge in [0.25, 0.3) is 0 Å². The third-order valence-electron chi connectivity index (χ3n) is 3.92. The molecule has 0 aromatic carbocycles. The van der Waals surface area contributed by atoms with Crippen LogP contribution in [0.15, 0.2) is 6.20 Å². The first-order valence-corrected chi connectivity index (χ1v) is 7.89. The molecule has 0 saturated heterocycles. The number of hydrogen-bond donors (Lipinski definition) is 0. The highest BCUT2D eigenvalue weighted by Crippen LogP contribution is 2.30. The molecule has 1 fully saturated rings. The molecule has 0 aliphatic heterocycles. The Hall–Kier alpha value is -0.830. The van der Waals surface area contributed by atoms with E-state index < -0.39 is 0 Å². The molecule has 0 spiro atoms. The van der Waals surface area contributed by atoms with Crippen molar-refractivity contribution in [1.82, 2.24) is 9.97 Å². The van der Waals surface area contributed by atoms with Crippen LogP contribution in [0.5, 0.6) is 0 Å². The summed E-state index contributed by atoms with van der Waals surface area (Å²) in [4.78, 5) is 11.6. The van der Waals surface area contributed by atoms with Gasteiger partial charge in [-0.3, -0.25) is 0 Å². The van der Waals surface area contributed by atoms with Gasteiger partial charge in [-0.15, -0.1) is 11.6 Å². The predicted molar refractivity (Wildman–Crippen MR) is 81.0 cm³/mol. The van der Waals surface area contributed by atoms with Gasteiger partial charge in [-0.05, 0) is 19.8 Å². The summed E-state index contributed by atoms with van der Waals surface area (Å²) in [6, 6.07) is 0.639. The Bertz CT molecular complexity index is 414. The zero-order chi connectivity index (χ0) is 13.8. The van der Waals surface area contributed by atoms with Crippen molar-refractivity contribution in [1.29, 1.82) is 0 Å². The quantitative estimate of drug-likeness (QED) is 0.761. The summed E-state index contributed by atoms with van der Waals surface area (Å²) in [6.45, 7) is 7.43. The maximum atomic E-state index is 6.10. The molecule has 0 amide bonds. The molecule has 1 heterocycles. The average Bonchev–Trinajstić information content (AvgIpc) is 2.93. The van der Waals surface area contributed by atoms with Gasteiger partial charge in [0.2, 0.25) is 0 Å². The van der Waals surface area contributed by atoms with E-state index in [0.29, 0.717) is 17.8 Å². The van der Waals surface area contributed by atoms with Crippen molar-refractivity contribution < 1.29 is 0 Å². The highest BCUT2D eigenvalue weighted by molar-refractivity contribution is 6.17. The van der Waals surface area contributed by atoms with E-state index in [0.717, 1.165) is 23.8 Å². The minimum Gasteiger partial charge on any atom is -0.366 e. The molecule has 0 N–H and O–H groups in total. The molecule has 1 aliphatic carbocycles. The van der Waals surface area contributed by atoms with E-state index in [2.05, 4.69) is 35.6 Å². The monoisotopic (exact) mass is 281 g/mol. The van der Waals surface area contributed by atoms with E-state index in [1.807, 2.05) is 6.20 Å². The number of rotatable bonds is 5. The van der Waals surface area contributed by atoms with Crippen LogP contribution in [-0.2, 0) is 5.88 Å². The molecule has 1 aliphatic rings. The summed E-state index contributed by atoms with van der Waals surface area (Å²) in [5, 5.41) is 0. The second-order valence-electron chi connectivity index (χ2n) is 5.57. The summed E-state index contributed by atoms with van der Waals surface area (Å²) >= 11 is 6.10. The maximum absolute atomic E-state index is 6.10. The van der Waals surface area contributed by atoms with Crippen LogP contribution in [0.4, 0.5) is 5.69 Å². The second kappa shape index (κ2) is 6.56. The van der Waals surface area contributed by atoms with E-state index in [1.165, 1.54) is 25.7 Å². The number of hydrogen-bond acceptors (Lipinski definition) is 3. The maximum Gasteiger partial charge on any atom is 0.131 e. The Morgan fingerprint density at radius 3 is 2.58 bits per heavy atom. The minimum absolute atomic E-state index is 0.345. The Morgan fingerprint density at radius 1 is 1.37 bits per heavy atom. The van der Waals surface area contributed by atoms with Crippen molar-refractivity contribution in [3.8, 4) is 0 Å². The highest BCUT2D eigenvalue weighted by Gasteiger charge is 2.24. The topological polar surface area (TPSA) is 29.0 Å². The van der Waals surface area contributed by atoms with Crippen LogP contribution in [0.2, 0.25) is 0 Å². The first kappa shape index (κ1) is 14.6. The van der Waals surface area contributed by atoms with Crippen LogP contribution < -0.4 is 4.90 Å². The number of alkyl halides is 1. The Labute approximate surface area is 121 Å². The van der Waals surface area contributed by atoms with Crippen LogP contribution in [0.3, 0.4) is 0 Å². The molecular weight excluding hydrogens is 258 g/mol. The third-order valence-corrected chi connectivity index (χ3v) is 4.18. The summed E-state index contributed by atoms with van der Waals surface area (Å²) < 4.78 is 0. The molecule has 1 saturated carbocycles. The lowest BCUT2D eigenvalue weighted by molar-refractivity contribution is 0.613. The zero-order valence-corrected chi connectivity index (χ0v) is 13.0. The summed E-state index contributed by atoms with van der Waals surface area (Å²) in [6.07, 6.45) is 7.20. The third kappa shape index (κ3) is 3.19. The van der Waals surface area contributed by atoms with Gasteiger partial charge in [-0.1, -0.05) is 26.7 Å². The van der Waals surface area contributed by atoms with Gasteiger partial charge in [0.15, 0.2) is 0 Å². The van der Waals surface area contributed by atoms with Gasteiger partial charge < -0.3 is 4.90 Å². The number of anilines is 1. The smallest absolute Gasteiger partial charge is 0.131 e. The predicted octanol–water partition coefficient (Wildman–Crippen LogP) is 4.11. The summed E-state index contributed by atoms with van der Waals surface area (Å²) in [7, 11) is 0. The van der Waals surface area contributed by atoms with Crippen LogP contribution in [0.1, 0.15) is 63.9 Å². The zero-order valence-electron chi connectivity index (χ0n) is 12.2. The minimum atomic E-state index is 0.345. The highest BCUT2D eigenvalue weighted by atomic mass is 35.5. The van der Waals surface area contributed by atoms with E-state index in [1.54, 1.807) is 0 Å². The molecule has 3 nitrogen and oxygen atoms in total. The molecule has 106 valence electrons. The number of aromatic nitrogens is 2. The van der Waals surface area contributed by atoms with Crippen LogP contribution in [-0.4, -0.2) is 22.6 Å². The molecule has 0 radical (unpaired) electrons. The van der Waals surface area contributed by atoms with Gasteiger partial charge in [-0.25, -0.2) is 9.97 Å². The molecule has 2 rings (SSSR count). The summed E-state index contributed by atoms with van der Waals surface area (Å²) in [5.74, 6) is 1.69. The lowest BCUT2D eigenvalue weighted by Gasteiger charge is -2.31. The second-order valence-corrected chi connectivity index (χ2v) is 5.84. The van der Waals surface area contributed by atoms with E-state index >= 15 is 0 Å². The van der Waals surface area contributed by atoms with Gasteiger partial charge >= 0.3 is 0 Å². The fraction of sp³-hybridized carbons (Fsp3) is 0.733. The van der Waals surface area contributed by atoms with Gasteiger partial charge in [0, 0.05) is 18.5 Å². The molecule has 1 aromatic rings. The van der Waals surface area contributed by atoms with Crippen molar-refractivity contribution in [3.63, 3.8) is 0 Å². The van der Waals surface area contributed by atoms with Crippen LogP contribution in [0, 0.1) is 0 Å². The van der Waals surface area contributed by atoms with Crippen molar-refractivity contribution in [2.75, 3.05) is 11.4 Å². The van der Waals surface area contributed by atoms with Gasteiger partial charge in [0.05, 0.1) is 23.5 Å². The van der Waals surface area contributed by atoms with Crippen LogP contribution in [0.25, 0.3) is 0 Å². The lowest BCUT2D eigenvalue weighted by Crippen LogP contribution is -2.34.